The first-order valence-corrected chi connectivity index (χ1v) is 11.1. The van der Waals surface area contributed by atoms with E-state index in [1.807, 2.05) is 12.1 Å². The van der Waals surface area contributed by atoms with Gasteiger partial charge in [0.15, 0.2) is 9.84 Å². The van der Waals surface area contributed by atoms with Gasteiger partial charge >= 0.3 is 5.97 Å². The van der Waals surface area contributed by atoms with Crippen molar-refractivity contribution in [3.05, 3.63) is 51.3 Å². The average molecular weight is 427 g/mol. The van der Waals surface area contributed by atoms with Gasteiger partial charge in [0.05, 0.1) is 17.9 Å². The Kier molecular flexibility index (Phi) is 6.45. The predicted octanol–water partition coefficient (Wildman–Crippen LogP) is 1.75. The molecule has 0 fully saturated rings. The van der Waals surface area contributed by atoms with Gasteiger partial charge in [-0.3, -0.25) is 9.59 Å². The molecule has 0 bridgehead atoms. The average Bonchev–Trinajstić information content (AvgIpc) is 2.86. The summed E-state index contributed by atoms with van der Waals surface area (Å²) in [6, 6.07) is 7.17. The van der Waals surface area contributed by atoms with Crippen LogP contribution in [0.2, 0.25) is 0 Å². The summed E-state index contributed by atoms with van der Waals surface area (Å²) in [7, 11) is -3.75. The second-order valence-corrected chi connectivity index (χ2v) is 10.3. The van der Waals surface area contributed by atoms with Gasteiger partial charge in [0.1, 0.15) is 5.75 Å². The molecular formula is C18H22N2O6S2. The third-order valence-corrected chi connectivity index (χ3v) is 6.18. The van der Waals surface area contributed by atoms with Gasteiger partial charge in [-0.25, -0.2) is 8.42 Å². The normalized spacial score (nSPS) is 12.9. The van der Waals surface area contributed by atoms with E-state index < -0.39 is 33.9 Å². The van der Waals surface area contributed by atoms with Crippen molar-refractivity contribution in [3.63, 3.8) is 0 Å². The van der Waals surface area contributed by atoms with Crippen LogP contribution < -0.4 is 4.80 Å². The summed E-state index contributed by atoms with van der Waals surface area (Å²) in [5.74, 6) is -3.19. The summed E-state index contributed by atoms with van der Waals surface area (Å²) in [6.07, 6.45) is -0.445. The van der Waals surface area contributed by atoms with Gasteiger partial charge in [-0.15, -0.1) is 11.3 Å². The molecule has 2 aromatic rings. The topological polar surface area (TPSA) is 126 Å². The number of hydrogen-bond acceptors (Lipinski definition) is 6. The molecule has 1 heterocycles. The van der Waals surface area contributed by atoms with Crippen molar-refractivity contribution in [2.24, 2.45) is 4.99 Å². The van der Waals surface area contributed by atoms with Crippen molar-refractivity contribution >= 4 is 33.1 Å². The Hall–Kier alpha value is -2.46. The largest absolute Gasteiger partial charge is 0.481 e. The minimum atomic E-state index is -3.75. The number of aromatic nitrogens is 1. The van der Waals surface area contributed by atoms with Crippen LogP contribution in [0.1, 0.15) is 37.6 Å². The Morgan fingerprint density at radius 2 is 1.79 bits per heavy atom. The molecule has 0 aliphatic heterocycles. The van der Waals surface area contributed by atoms with E-state index in [0.717, 1.165) is 16.9 Å². The zero-order chi connectivity index (χ0) is 21.1. The lowest BCUT2D eigenvalue weighted by molar-refractivity contribution is -0.136. The molecule has 1 aromatic carbocycles. The van der Waals surface area contributed by atoms with E-state index in [-0.39, 0.29) is 21.7 Å². The summed E-state index contributed by atoms with van der Waals surface area (Å²) >= 11 is 0.848. The van der Waals surface area contributed by atoms with Crippen LogP contribution in [0.3, 0.4) is 0 Å². The third kappa shape index (κ3) is 6.03. The molecule has 0 saturated carbocycles. The molecule has 0 radical (unpaired) electrons. The van der Waals surface area contributed by atoms with Crippen molar-refractivity contribution in [2.75, 3.05) is 5.75 Å². The van der Waals surface area contributed by atoms with E-state index in [1.54, 1.807) is 12.1 Å². The van der Waals surface area contributed by atoms with Gasteiger partial charge in [-0.05, 0) is 16.5 Å². The Morgan fingerprint density at radius 1 is 1.18 bits per heavy atom. The second kappa shape index (κ2) is 8.27. The molecular weight excluding hydrogens is 404 g/mol. The number of thiazole rings is 1. The van der Waals surface area contributed by atoms with Crippen LogP contribution in [0.25, 0.3) is 0 Å². The summed E-state index contributed by atoms with van der Waals surface area (Å²) in [5, 5.41) is 19.9. The third-order valence-electron chi connectivity index (χ3n) is 3.86. The lowest BCUT2D eigenvalue weighted by atomic mass is 9.87. The molecule has 1 aromatic heterocycles. The molecule has 0 unspecified atom stereocenters. The molecule has 1 amide bonds. The number of rotatable bonds is 6. The quantitative estimate of drug-likeness (QED) is 0.678. The van der Waals surface area contributed by atoms with Gasteiger partial charge in [0.25, 0.3) is 5.91 Å². The van der Waals surface area contributed by atoms with Gasteiger partial charge < -0.3 is 10.3 Å². The number of sulfone groups is 1. The predicted molar refractivity (Wildman–Crippen MR) is 104 cm³/mol. The van der Waals surface area contributed by atoms with E-state index >= 15 is 0 Å². The first kappa shape index (κ1) is 21.8. The number of amides is 1. The van der Waals surface area contributed by atoms with Crippen molar-refractivity contribution < 1.29 is 28.3 Å². The highest BCUT2D eigenvalue weighted by Crippen LogP contribution is 2.22. The maximum absolute atomic E-state index is 12.3. The van der Waals surface area contributed by atoms with Gasteiger partial charge in [-0.2, -0.15) is 9.72 Å². The molecule has 0 aliphatic carbocycles. The van der Waals surface area contributed by atoms with Crippen molar-refractivity contribution in [1.29, 1.82) is 0 Å². The Balaban J connectivity index is 2.11. The molecule has 0 atom stereocenters. The molecule has 2 rings (SSSR count). The molecule has 10 heteroatoms. The molecule has 0 aliphatic rings. The smallest absolute Gasteiger partial charge is 0.309 e. The standard InChI is InChI=1S/C18H22N2O6S2/c1-18(2,3)13-6-4-12(5-7-13)10-28(25,26)11-15(21)19-17-20(24)14(9-27-17)8-16(22)23/h4-7,9,24H,8,10-11H2,1-3H3,(H,22,23). The van der Waals surface area contributed by atoms with Gasteiger partial charge in [0.2, 0.25) is 4.80 Å². The molecule has 0 saturated heterocycles. The summed E-state index contributed by atoms with van der Waals surface area (Å²) in [4.78, 5) is 26.1. The fraction of sp³-hybridized carbons (Fsp3) is 0.389. The van der Waals surface area contributed by atoms with Crippen LogP contribution in [0.5, 0.6) is 0 Å². The number of benzene rings is 1. The van der Waals surface area contributed by atoms with E-state index in [4.69, 9.17) is 5.11 Å². The summed E-state index contributed by atoms with van der Waals surface area (Å²) < 4.78 is 25.1. The zero-order valence-corrected chi connectivity index (χ0v) is 17.4. The number of carbonyl (C=O) groups excluding carboxylic acids is 1. The first-order valence-electron chi connectivity index (χ1n) is 8.35. The van der Waals surface area contributed by atoms with Crippen LogP contribution in [0.15, 0.2) is 34.6 Å². The minimum absolute atomic E-state index is 0.0471. The maximum atomic E-state index is 12.3. The molecule has 152 valence electrons. The van der Waals surface area contributed by atoms with Crippen LogP contribution in [-0.2, 0) is 37.0 Å². The second-order valence-electron chi connectivity index (χ2n) is 7.38. The molecule has 8 nitrogen and oxygen atoms in total. The van der Waals surface area contributed by atoms with E-state index in [0.29, 0.717) is 10.3 Å². The SMILES string of the molecule is CC(C)(C)c1ccc(CS(=O)(=O)CC(=O)N=c2scc(CC(=O)O)n2O)cc1. The highest BCUT2D eigenvalue weighted by atomic mass is 32.2. The molecule has 0 spiro atoms. The first-order chi connectivity index (χ1) is 12.9. The van der Waals surface area contributed by atoms with Gasteiger partial charge in [0, 0.05) is 5.38 Å². The Bertz CT molecular complexity index is 1040. The Labute approximate surface area is 166 Å². The van der Waals surface area contributed by atoms with Crippen molar-refractivity contribution in [2.45, 2.75) is 38.4 Å². The number of carbonyl (C=O) groups is 2. The van der Waals surface area contributed by atoms with Crippen molar-refractivity contribution in [1.82, 2.24) is 4.73 Å². The summed E-state index contributed by atoms with van der Waals surface area (Å²) in [5.41, 5.74) is 1.64. The van der Waals surface area contributed by atoms with E-state index in [1.165, 1.54) is 5.38 Å². The van der Waals surface area contributed by atoms with Crippen LogP contribution in [-0.4, -0.2) is 41.1 Å². The fourth-order valence-corrected chi connectivity index (χ4v) is 4.46. The Morgan fingerprint density at radius 3 is 2.32 bits per heavy atom. The van der Waals surface area contributed by atoms with E-state index in [9.17, 15) is 23.2 Å². The van der Waals surface area contributed by atoms with E-state index in [2.05, 4.69) is 25.8 Å². The van der Waals surface area contributed by atoms with Crippen LogP contribution in [0.4, 0.5) is 0 Å². The molecule has 28 heavy (non-hydrogen) atoms. The zero-order valence-electron chi connectivity index (χ0n) is 15.7. The number of carboxylic acid groups (broad SMARTS) is 1. The maximum Gasteiger partial charge on any atom is 0.309 e. The lowest BCUT2D eigenvalue weighted by Gasteiger charge is -2.19. The van der Waals surface area contributed by atoms with Crippen LogP contribution >= 0.6 is 11.3 Å². The lowest BCUT2D eigenvalue weighted by Crippen LogP contribution is -2.22. The summed E-state index contributed by atoms with van der Waals surface area (Å²) in [6.45, 7) is 6.16. The monoisotopic (exact) mass is 426 g/mol. The van der Waals surface area contributed by atoms with Crippen LogP contribution in [0, 0.1) is 0 Å². The highest BCUT2D eigenvalue weighted by Gasteiger charge is 2.19. The van der Waals surface area contributed by atoms with Crippen molar-refractivity contribution in [3.8, 4) is 0 Å². The number of aliphatic carboxylic acids is 1. The minimum Gasteiger partial charge on any atom is -0.481 e. The molecule has 2 N–H and O–H groups in total. The highest BCUT2D eigenvalue weighted by molar-refractivity contribution is 7.91. The number of carboxylic acids is 1. The fourth-order valence-electron chi connectivity index (χ4n) is 2.42. The van der Waals surface area contributed by atoms with Gasteiger partial charge in [-0.1, -0.05) is 45.0 Å². The number of hydrogen-bond donors (Lipinski definition) is 2. The number of nitrogens with zero attached hydrogens (tertiary/aromatic N) is 2.